The molecule has 0 saturated heterocycles. The van der Waals surface area contributed by atoms with Gasteiger partial charge in [0.2, 0.25) is 10.0 Å². The van der Waals surface area contributed by atoms with Crippen LogP contribution >= 0.6 is 0 Å². The molecule has 7 heteroatoms. The molecule has 0 bridgehead atoms. The summed E-state index contributed by atoms with van der Waals surface area (Å²) in [5.41, 5.74) is -0.278. The van der Waals surface area contributed by atoms with E-state index in [1.54, 1.807) is 0 Å². The molecule has 0 radical (unpaired) electrons. The third-order valence-electron chi connectivity index (χ3n) is 3.83. The van der Waals surface area contributed by atoms with Crippen molar-refractivity contribution in [1.29, 1.82) is 0 Å². The lowest BCUT2D eigenvalue weighted by atomic mass is 9.74. The summed E-state index contributed by atoms with van der Waals surface area (Å²) in [5, 5.41) is 7.82. The lowest BCUT2D eigenvalue weighted by Crippen LogP contribution is -2.53. The second-order valence-corrected chi connectivity index (χ2v) is 6.72. The summed E-state index contributed by atoms with van der Waals surface area (Å²) in [6.07, 6.45) is 3.59. The molecule has 1 amide bonds. The van der Waals surface area contributed by atoms with E-state index >= 15 is 0 Å². The topological polar surface area (TPSA) is 89.3 Å². The highest BCUT2D eigenvalue weighted by atomic mass is 32.2. The number of rotatable bonds is 4. The maximum absolute atomic E-state index is 13.4. The Bertz CT molecular complexity index is 634. The second-order valence-electron chi connectivity index (χ2n) is 5.16. The Labute approximate surface area is 117 Å². The SMILES string of the molecule is CCC1(NC(=O)c2cc(F)cc(S(N)(=O)=O)c2)CCC1. The first kappa shape index (κ1) is 14.9. The van der Waals surface area contributed by atoms with Crippen LogP contribution in [0.1, 0.15) is 43.0 Å². The van der Waals surface area contributed by atoms with Crippen molar-refractivity contribution in [3.8, 4) is 0 Å². The molecule has 3 N–H and O–H groups in total. The van der Waals surface area contributed by atoms with Gasteiger partial charge in [-0.25, -0.2) is 17.9 Å². The Balaban J connectivity index is 2.28. The smallest absolute Gasteiger partial charge is 0.251 e. The number of sulfonamides is 1. The maximum Gasteiger partial charge on any atom is 0.251 e. The van der Waals surface area contributed by atoms with Gasteiger partial charge in [-0.15, -0.1) is 0 Å². The zero-order valence-corrected chi connectivity index (χ0v) is 12.0. The Morgan fingerprint density at radius 2 is 2.05 bits per heavy atom. The molecule has 2 rings (SSSR count). The van der Waals surface area contributed by atoms with E-state index in [0.29, 0.717) is 0 Å². The van der Waals surface area contributed by atoms with Crippen molar-refractivity contribution in [2.24, 2.45) is 5.14 Å². The molecule has 20 heavy (non-hydrogen) atoms. The van der Waals surface area contributed by atoms with Crippen molar-refractivity contribution < 1.29 is 17.6 Å². The van der Waals surface area contributed by atoms with Gasteiger partial charge in [-0.05, 0) is 43.9 Å². The van der Waals surface area contributed by atoms with E-state index in [9.17, 15) is 17.6 Å². The summed E-state index contributed by atoms with van der Waals surface area (Å²) < 4.78 is 35.9. The number of primary sulfonamides is 1. The molecule has 0 aromatic heterocycles. The van der Waals surface area contributed by atoms with E-state index in [2.05, 4.69) is 5.32 Å². The second kappa shape index (κ2) is 5.14. The molecule has 1 aromatic rings. The van der Waals surface area contributed by atoms with E-state index in [1.807, 2.05) is 6.92 Å². The summed E-state index contributed by atoms with van der Waals surface area (Å²) >= 11 is 0. The Morgan fingerprint density at radius 1 is 1.40 bits per heavy atom. The Morgan fingerprint density at radius 3 is 2.50 bits per heavy atom. The fourth-order valence-corrected chi connectivity index (χ4v) is 2.91. The molecule has 1 saturated carbocycles. The predicted molar refractivity (Wildman–Crippen MR) is 72.1 cm³/mol. The molecule has 1 aromatic carbocycles. The van der Waals surface area contributed by atoms with Gasteiger partial charge in [0.1, 0.15) is 5.82 Å². The molecule has 110 valence electrons. The van der Waals surface area contributed by atoms with Gasteiger partial charge in [0.25, 0.3) is 5.91 Å². The molecular weight excluding hydrogens is 283 g/mol. The number of benzene rings is 1. The van der Waals surface area contributed by atoms with Crippen LogP contribution in [-0.2, 0) is 10.0 Å². The molecular formula is C13H17FN2O3S. The number of carbonyl (C=O) groups excluding carboxylic acids is 1. The minimum Gasteiger partial charge on any atom is -0.347 e. The van der Waals surface area contributed by atoms with Gasteiger partial charge in [-0.3, -0.25) is 4.79 Å². The number of nitrogens with two attached hydrogens (primary N) is 1. The fraction of sp³-hybridized carbons (Fsp3) is 0.462. The Hall–Kier alpha value is -1.47. The molecule has 1 aliphatic rings. The van der Waals surface area contributed by atoms with Crippen LogP contribution in [0.2, 0.25) is 0 Å². The largest absolute Gasteiger partial charge is 0.347 e. The van der Waals surface area contributed by atoms with Gasteiger partial charge < -0.3 is 5.32 Å². The lowest BCUT2D eigenvalue weighted by molar-refractivity contribution is 0.0819. The highest BCUT2D eigenvalue weighted by molar-refractivity contribution is 7.89. The minimum atomic E-state index is -4.04. The molecule has 0 heterocycles. The fourth-order valence-electron chi connectivity index (χ4n) is 2.34. The zero-order valence-electron chi connectivity index (χ0n) is 11.1. The van der Waals surface area contributed by atoms with Gasteiger partial charge in [-0.1, -0.05) is 6.92 Å². The molecule has 0 spiro atoms. The summed E-state index contributed by atoms with van der Waals surface area (Å²) in [7, 11) is -4.04. The summed E-state index contributed by atoms with van der Waals surface area (Å²) in [6.45, 7) is 1.97. The molecule has 1 fully saturated rings. The van der Waals surface area contributed by atoms with E-state index in [4.69, 9.17) is 5.14 Å². The van der Waals surface area contributed by atoms with E-state index in [1.165, 1.54) is 0 Å². The number of nitrogens with one attached hydrogen (secondary N) is 1. The molecule has 0 unspecified atom stereocenters. The normalized spacial score (nSPS) is 17.4. The number of hydrogen-bond acceptors (Lipinski definition) is 3. The van der Waals surface area contributed by atoms with Crippen LogP contribution in [0, 0.1) is 5.82 Å². The maximum atomic E-state index is 13.4. The van der Waals surface area contributed by atoms with Crippen molar-refractivity contribution in [2.75, 3.05) is 0 Å². The third-order valence-corrected chi connectivity index (χ3v) is 4.72. The van der Waals surface area contributed by atoms with Crippen LogP contribution in [-0.4, -0.2) is 19.9 Å². The van der Waals surface area contributed by atoms with Crippen molar-refractivity contribution in [3.05, 3.63) is 29.6 Å². The van der Waals surface area contributed by atoms with E-state index in [0.717, 1.165) is 43.9 Å². The average Bonchev–Trinajstić information content (AvgIpc) is 2.31. The van der Waals surface area contributed by atoms with Gasteiger partial charge in [0.15, 0.2) is 0 Å². The van der Waals surface area contributed by atoms with E-state index < -0.39 is 26.6 Å². The summed E-state index contributed by atoms with van der Waals surface area (Å²) in [6, 6.07) is 2.90. The van der Waals surface area contributed by atoms with E-state index in [-0.39, 0.29) is 11.1 Å². The quantitative estimate of drug-likeness (QED) is 0.883. The zero-order chi connectivity index (χ0) is 15.0. The van der Waals surface area contributed by atoms with Crippen molar-refractivity contribution >= 4 is 15.9 Å². The van der Waals surface area contributed by atoms with Crippen LogP contribution in [0.5, 0.6) is 0 Å². The highest BCUT2D eigenvalue weighted by Gasteiger charge is 2.36. The minimum absolute atomic E-state index is 0.0336. The lowest BCUT2D eigenvalue weighted by Gasteiger charge is -2.42. The predicted octanol–water partition coefficient (Wildman–Crippen LogP) is 1.54. The van der Waals surface area contributed by atoms with Crippen molar-refractivity contribution in [1.82, 2.24) is 5.32 Å². The molecule has 1 aliphatic carbocycles. The molecule has 0 atom stereocenters. The van der Waals surface area contributed by atoms with Gasteiger partial charge >= 0.3 is 0 Å². The van der Waals surface area contributed by atoms with Crippen LogP contribution < -0.4 is 10.5 Å². The van der Waals surface area contributed by atoms with Gasteiger partial charge in [0, 0.05) is 11.1 Å². The first-order valence-corrected chi connectivity index (χ1v) is 7.96. The van der Waals surface area contributed by atoms with Crippen LogP contribution in [0.15, 0.2) is 23.1 Å². The number of amides is 1. The third kappa shape index (κ3) is 2.99. The van der Waals surface area contributed by atoms with Crippen molar-refractivity contribution in [3.63, 3.8) is 0 Å². The summed E-state index contributed by atoms with van der Waals surface area (Å²) in [4.78, 5) is 11.7. The monoisotopic (exact) mass is 300 g/mol. The molecule has 0 aliphatic heterocycles. The van der Waals surface area contributed by atoms with Gasteiger partial charge in [-0.2, -0.15) is 0 Å². The van der Waals surface area contributed by atoms with Crippen molar-refractivity contribution in [2.45, 2.75) is 43.0 Å². The van der Waals surface area contributed by atoms with Crippen LogP contribution in [0.4, 0.5) is 4.39 Å². The standard InChI is InChI=1S/C13H17FN2O3S/c1-2-13(4-3-5-13)16-12(17)9-6-10(14)8-11(7-9)20(15,18)19/h6-8H,2-5H2,1H3,(H,16,17)(H2,15,18,19). The first-order chi connectivity index (χ1) is 9.26. The number of carbonyl (C=O) groups is 1. The van der Waals surface area contributed by atoms with Crippen LogP contribution in [0.25, 0.3) is 0 Å². The summed E-state index contributed by atoms with van der Waals surface area (Å²) in [5.74, 6) is -1.28. The average molecular weight is 300 g/mol. The number of halogens is 1. The first-order valence-electron chi connectivity index (χ1n) is 6.42. The van der Waals surface area contributed by atoms with Gasteiger partial charge in [0.05, 0.1) is 4.90 Å². The highest BCUT2D eigenvalue weighted by Crippen LogP contribution is 2.34. The molecule has 5 nitrogen and oxygen atoms in total. The van der Waals surface area contributed by atoms with Crippen LogP contribution in [0.3, 0.4) is 0 Å². The number of hydrogen-bond donors (Lipinski definition) is 2. The Kier molecular flexibility index (Phi) is 3.84.